The molecule has 2 heterocycles. The molecule has 3 N–H and O–H groups in total. The topological polar surface area (TPSA) is 93.8 Å². The molecule has 0 bridgehead atoms. The molecule has 0 radical (unpaired) electrons. The van der Waals surface area contributed by atoms with E-state index in [-0.39, 0.29) is 5.91 Å². The largest absolute Gasteiger partial charge is 0.398 e. The molecule has 2 aromatic rings. The molecule has 1 amide bonds. The van der Waals surface area contributed by atoms with Crippen LogP contribution < -0.4 is 11.1 Å². The molecule has 86 valence electrons. The number of hydrogen-bond donors (Lipinski definition) is 2. The number of rotatable bonds is 2. The van der Waals surface area contributed by atoms with Crippen LogP contribution in [0.1, 0.15) is 6.92 Å². The number of anilines is 2. The second kappa shape index (κ2) is 4.56. The predicted octanol–water partition coefficient (Wildman–Crippen LogP) is 1.08. The Hall–Kier alpha value is -2.50. The van der Waals surface area contributed by atoms with Crippen LogP contribution >= 0.6 is 0 Å². The van der Waals surface area contributed by atoms with E-state index < -0.39 is 0 Å². The van der Waals surface area contributed by atoms with Crippen molar-refractivity contribution in [3.05, 3.63) is 30.9 Å². The van der Waals surface area contributed by atoms with Gasteiger partial charge in [-0.2, -0.15) is 0 Å². The van der Waals surface area contributed by atoms with Crippen molar-refractivity contribution in [2.45, 2.75) is 6.92 Å². The molecule has 6 heteroatoms. The fourth-order valence-electron chi connectivity index (χ4n) is 1.38. The van der Waals surface area contributed by atoms with Gasteiger partial charge in [0.05, 0.1) is 5.69 Å². The molecule has 2 rings (SSSR count). The molecule has 0 aliphatic heterocycles. The summed E-state index contributed by atoms with van der Waals surface area (Å²) in [4.78, 5) is 22.9. The molecule has 0 saturated carbocycles. The molecule has 0 fully saturated rings. The van der Waals surface area contributed by atoms with E-state index in [1.165, 1.54) is 13.3 Å². The minimum absolute atomic E-state index is 0.188. The van der Waals surface area contributed by atoms with Gasteiger partial charge in [-0.05, 0) is 6.07 Å². The van der Waals surface area contributed by atoms with Crippen LogP contribution in [0.4, 0.5) is 11.5 Å². The van der Waals surface area contributed by atoms with Crippen LogP contribution in [0.5, 0.6) is 0 Å². The number of nitrogens with two attached hydrogens (primary N) is 1. The van der Waals surface area contributed by atoms with Crippen LogP contribution in [0.15, 0.2) is 30.9 Å². The van der Waals surface area contributed by atoms with E-state index in [0.29, 0.717) is 22.8 Å². The van der Waals surface area contributed by atoms with Crippen molar-refractivity contribution in [3.63, 3.8) is 0 Å². The summed E-state index contributed by atoms with van der Waals surface area (Å²) in [5.74, 6) is 0.236. The molecule has 0 saturated heterocycles. The Bertz CT molecular complexity index is 541. The molecule has 0 spiro atoms. The van der Waals surface area contributed by atoms with Gasteiger partial charge in [0, 0.05) is 36.6 Å². The maximum atomic E-state index is 10.9. The van der Waals surface area contributed by atoms with Crippen LogP contribution in [-0.4, -0.2) is 20.9 Å². The summed E-state index contributed by atoms with van der Waals surface area (Å²) in [7, 11) is 0. The van der Waals surface area contributed by atoms with Gasteiger partial charge in [-0.3, -0.25) is 4.79 Å². The highest BCUT2D eigenvalue weighted by Gasteiger charge is 2.06. The zero-order chi connectivity index (χ0) is 12.3. The van der Waals surface area contributed by atoms with Gasteiger partial charge in [0.1, 0.15) is 12.1 Å². The Morgan fingerprint density at radius 2 is 2.24 bits per heavy atom. The normalized spacial score (nSPS) is 9.94. The van der Waals surface area contributed by atoms with E-state index in [1.807, 2.05) is 0 Å². The lowest BCUT2D eigenvalue weighted by atomic mass is 10.1. The average Bonchev–Trinajstić information content (AvgIpc) is 2.29. The lowest BCUT2D eigenvalue weighted by Gasteiger charge is -2.06. The highest BCUT2D eigenvalue weighted by molar-refractivity contribution is 5.89. The van der Waals surface area contributed by atoms with Crippen LogP contribution in [0.2, 0.25) is 0 Å². The third-order valence-electron chi connectivity index (χ3n) is 2.10. The Morgan fingerprint density at radius 1 is 1.41 bits per heavy atom. The number of pyridine rings is 1. The van der Waals surface area contributed by atoms with E-state index in [1.54, 1.807) is 24.5 Å². The van der Waals surface area contributed by atoms with Crippen LogP contribution in [0.3, 0.4) is 0 Å². The monoisotopic (exact) mass is 229 g/mol. The summed E-state index contributed by atoms with van der Waals surface area (Å²) in [6, 6.07) is 3.34. The van der Waals surface area contributed by atoms with Gasteiger partial charge in [0.25, 0.3) is 0 Å². The average molecular weight is 229 g/mol. The lowest BCUT2D eigenvalue weighted by molar-refractivity contribution is -0.114. The third kappa shape index (κ3) is 2.54. The Morgan fingerprint density at radius 3 is 2.82 bits per heavy atom. The molecule has 6 nitrogen and oxygen atoms in total. The van der Waals surface area contributed by atoms with Crippen molar-refractivity contribution in [2.75, 3.05) is 11.1 Å². The van der Waals surface area contributed by atoms with Crippen molar-refractivity contribution in [1.82, 2.24) is 15.0 Å². The quantitative estimate of drug-likeness (QED) is 0.803. The van der Waals surface area contributed by atoms with Gasteiger partial charge in [0.2, 0.25) is 5.91 Å². The standard InChI is InChI=1S/C11H11N5O/c1-7(17)16-11-4-9(12)8(5-14-11)10-2-3-13-6-15-10/h2-6H,1H3,(H3,12,14,16,17). The van der Waals surface area contributed by atoms with Crippen molar-refractivity contribution in [1.29, 1.82) is 0 Å². The van der Waals surface area contributed by atoms with E-state index in [4.69, 9.17) is 5.73 Å². The molecule has 0 atom stereocenters. The van der Waals surface area contributed by atoms with Crippen LogP contribution in [0.25, 0.3) is 11.3 Å². The number of amides is 1. The lowest BCUT2D eigenvalue weighted by Crippen LogP contribution is -2.08. The predicted molar refractivity (Wildman–Crippen MR) is 64.0 cm³/mol. The van der Waals surface area contributed by atoms with E-state index in [2.05, 4.69) is 20.3 Å². The summed E-state index contributed by atoms with van der Waals surface area (Å²) in [5, 5.41) is 2.56. The second-order valence-electron chi connectivity index (χ2n) is 3.43. The summed E-state index contributed by atoms with van der Waals surface area (Å²) in [6.45, 7) is 1.41. The highest BCUT2D eigenvalue weighted by Crippen LogP contribution is 2.24. The smallest absolute Gasteiger partial charge is 0.222 e. The van der Waals surface area contributed by atoms with Gasteiger partial charge in [-0.15, -0.1) is 0 Å². The number of aromatic nitrogens is 3. The summed E-state index contributed by atoms with van der Waals surface area (Å²) in [6.07, 6.45) is 4.64. The van der Waals surface area contributed by atoms with Crippen LogP contribution in [0, 0.1) is 0 Å². The molecular formula is C11H11N5O. The first-order chi connectivity index (χ1) is 8.16. The third-order valence-corrected chi connectivity index (χ3v) is 2.10. The number of nitrogens with zero attached hydrogens (tertiary/aromatic N) is 3. The first-order valence-electron chi connectivity index (χ1n) is 4.96. The summed E-state index contributed by atoms with van der Waals surface area (Å²) >= 11 is 0. The second-order valence-corrected chi connectivity index (χ2v) is 3.43. The number of hydrogen-bond acceptors (Lipinski definition) is 5. The van der Waals surface area contributed by atoms with Crippen LogP contribution in [-0.2, 0) is 4.79 Å². The molecule has 0 aliphatic carbocycles. The minimum atomic E-state index is -0.188. The molecule has 2 aromatic heterocycles. The SMILES string of the molecule is CC(=O)Nc1cc(N)c(-c2ccncn2)cn1. The van der Waals surface area contributed by atoms with Gasteiger partial charge in [-0.1, -0.05) is 0 Å². The maximum absolute atomic E-state index is 10.9. The highest BCUT2D eigenvalue weighted by atomic mass is 16.1. The van der Waals surface area contributed by atoms with E-state index in [9.17, 15) is 4.79 Å². The Balaban J connectivity index is 2.35. The van der Waals surface area contributed by atoms with Gasteiger partial charge in [0.15, 0.2) is 0 Å². The molecule has 17 heavy (non-hydrogen) atoms. The van der Waals surface area contributed by atoms with Crippen molar-refractivity contribution >= 4 is 17.4 Å². The zero-order valence-electron chi connectivity index (χ0n) is 9.21. The van der Waals surface area contributed by atoms with Crippen molar-refractivity contribution in [2.24, 2.45) is 0 Å². The van der Waals surface area contributed by atoms with Crippen molar-refractivity contribution < 1.29 is 4.79 Å². The number of carbonyl (C=O) groups is 1. The maximum Gasteiger partial charge on any atom is 0.222 e. The number of nitrogen functional groups attached to an aromatic ring is 1. The summed E-state index contributed by atoms with van der Waals surface area (Å²) < 4.78 is 0. The van der Waals surface area contributed by atoms with Crippen molar-refractivity contribution in [3.8, 4) is 11.3 Å². The Labute approximate surface area is 97.9 Å². The molecule has 0 aliphatic rings. The molecule has 0 unspecified atom stereocenters. The fraction of sp³-hybridized carbons (Fsp3) is 0.0909. The minimum Gasteiger partial charge on any atom is -0.398 e. The van der Waals surface area contributed by atoms with E-state index in [0.717, 1.165) is 0 Å². The first-order valence-corrected chi connectivity index (χ1v) is 4.96. The fourth-order valence-corrected chi connectivity index (χ4v) is 1.38. The van der Waals surface area contributed by atoms with Gasteiger partial charge in [-0.25, -0.2) is 15.0 Å². The number of carbonyl (C=O) groups excluding carboxylic acids is 1. The zero-order valence-corrected chi connectivity index (χ0v) is 9.21. The summed E-state index contributed by atoms with van der Waals surface area (Å²) in [5.41, 5.74) is 7.78. The Kier molecular flexibility index (Phi) is 2.95. The van der Waals surface area contributed by atoms with E-state index >= 15 is 0 Å². The number of nitrogens with one attached hydrogen (secondary N) is 1. The molecular weight excluding hydrogens is 218 g/mol. The first kappa shape index (κ1) is 11.0. The van der Waals surface area contributed by atoms with Gasteiger partial charge >= 0.3 is 0 Å². The molecule has 0 aromatic carbocycles. The van der Waals surface area contributed by atoms with Gasteiger partial charge < -0.3 is 11.1 Å².